The summed E-state index contributed by atoms with van der Waals surface area (Å²) in [5.41, 5.74) is 0.776. The fourth-order valence-corrected chi connectivity index (χ4v) is 2.27. The molecule has 1 aromatic rings. The van der Waals surface area contributed by atoms with Crippen molar-refractivity contribution in [2.45, 2.75) is 51.5 Å². The Kier molecular flexibility index (Phi) is 3.94. The molecule has 0 aromatic carbocycles. The molecule has 0 radical (unpaired) electrons. The molecule has 1 aromatic heterocycles. The third kappa shape index (κ3) is 2.94. The van der Waals surface area contributed by atoms with Crippen LogP contribution in [-0.2, 0) is 0 Å². The minimum absolute atomic E-state index is 0.0102. The lowest BCUT2D eigenvalue weighted by atomic mass is 10.1. The summed E-state index contributed by atoms with van der Waals surface area (Å²) in [6.45, 7) is 5.03. The Morgan fingerprint density at radius 1 is 1.35 bits per heavy atom. The molecule has 4 heteroatoms. The van der Waals surface area contributed by atoms with Crippen LogP contribution in [0.2, 0.25) is 0 Å². The monoisotopic (exact) mass is 235 g/mol. The van der Waals surface area contributed by atoms with Crippen LogP contribution in [-0.4, -0.2) is 16.5 Å². The summed E-state index contributed by atoms with van der Waals surface area (Å²) in [5, 5.41) is 3.44. The van der Waals surface area contributed by atoms with E-state index < -0.39 is 0 Å². The van der Waals surface area contributed by atoms with E-state index in [0.717, 1.165) is 24.4 Å². The quantitative estimate of drug-likeness (QED) is 0.825. The highest BCUT2D eigenvalue weighted by Gasteiger charge is 2.16. The van der Waals surface area contributed by atoms with Gasteiger partial charge in [-0.1, -0.05) is 26.7 Å². The molecule has 2 N–H and O–H groups in total. The Hall–Kier alpha value is -1.16. The highest BCUT2D eigenvalue weighted by Crippen LogP contribution is 2.19. The van der Waals surface area contributed by atoms with Gasteiger partial charge in [-0.05, 0) is 25.3 Å². The van der Waals surface area contributed by atoms with E-state index in [0.29, 0.717) is 0 Å². The molecule has 0 saturated carbocycles. The number of rotatable bonds is 2. The maximum atomic E-state index is 11.9. The molecule has 1 fully saturated rings. The molecule has 17 heavy (non-hydrogen) atoms. The average molecular weight is 235 g/mol. The number of nitrogens with zero attached hydrogens (tertiary/aromatic N) is 1. The van der Waals surface area contributed by atoms with Crippen LogP contribution >= 0.6 is 0 Å². The zero-order chi connectivity index (χ0) is 12.3. The number of aromatic nitrogens is 2. The summed E-state index contributed by atoms with van der Waals surface area (Å²) in [6.07, 6.45) is 6.46. The number of H-pyrrole nitrogens is 1. The van der Waals surface area contributed by atoms with Gasteiger partial charge in [-0.3, -0.25) is 4.79 Å². The molecular formula is C13H21N3O. The van der Waals surface area contributed by atoms with Gasteiger partial charge in [0.1, 0.15) is 5.82 Å². The van der Waals surface area contributed by atoms with E-state index in [1.165, 1.54) is 19.3 Å². The van der Waals surface area contributed by atoms with Crippen molar-refractivity contribution in [3.63, 3.8) is 0 Å². The van der Waals surface area contributed by atoms with Crippen molar-refractivity contribution in [2.75, 3.05) is 6.54 Å². The smallest absolute Gasteiger partial charge is 0.254 e. The highest BCUT2D eigenvalue weighted by molar-refractivity contribution is 5.11. The summed E-state index contributed by atoms with van der Waals surface area (Å²) in [4.78, 5) is 19.2. The Labute approximate surface area is 102 Å². The third-order valence-electron chi connectivity index (χ3n) is 3.36. The highest BCUT2D eigenvalue weighted by atomic mass is 16.1. The summed E-state index contributed by atoms with van der Waals surface area (Å²) in [7, 11) is 0. The van der Waals surface area contributed by atoms with Gasteiger partial charge in [0, 0.05) is 11.8 Å². The third-order valence-corrected chi connectivity index (χ3v) is 3.36. The average Bonchev–Trinajstić information content (AvgIpc) is 2.56. The first-order valence-electron chi connectivity index (χ1n) is 6.51. The van der Waals surface area contributed by atoms with Crippen LogP contribution in [0.25, 0.3) is 0 Å². The van der Waals surface area contributed by atoms with Gasteiger partial charge >= 0.3 is 0 Å². The van der Waals surface area contributed by atoms with Crippen molar-refractivity contribution < 1.29 is 0 Å². The molecule has 1 atom stereocenters. The molecule has 0 spiro atoms. The van der Waals surface area contributed by atoms with Crippen molar-refractivity contribution in [1.29, 1.82) is 0 Å². The lowest BCUT2D eigenvalue weighted by molar-refractivity contribution is 0.504. The molecule has 0 bridgehead atoms. The first-order chi connectivity index (χ1) is 8.18. The van der Waals surface area contributed by atoms with Gasteiger partial charge in [-0.2, -0.15) is 0 Å². The normalized spacial score (nSPS) is 21.5. The Morgan fingerprint density at radius 2 is 2.18 bits per heavy atom. The summed E-state index contributed by atoms with van der Waals surface area (Å²) in [5.74, 6) is 1.02. The predicted molar refractivity (Wildman–Crippen MR) is 68.2 cm³/mol. The molecule has 1 saturated heterocycles. The molecule has 0 aliphatic carbocycles. The predicted octanol–water partition coefficient (Wildman–Crippen LogP) is 2.10. The molecule has 1 aliphatic rings. The van der Waals surface area contributed by atoms with E-state index in [1.807, 2.05) is 13.8 Å². The molecule has 2 rings (SSSR count). The summed E-state index contributed by atoms with van der Waals surface area (Å²) >= 11 is 0. The summed E-state index contributed by atoms with van der Waals surface area (Å²) in [6, 6.07) is 0.214. The summed E-state index contributed by atoms with van der Waals surface area (Å²) < 4.78 is 0. The van der Waals surface area contributed by atoms with Gasteiger partial charge in [-0.25, -0.2) is 4.98 Å². The van der Waals surface area contributed by atoms with Gasteiger partial charge in [0.15, 0.2) is 0 Å². The van der Waals surface area contributed by atoms with Crippen LogP contribution in [0.4, 0.5) is 0 Å². The second kappa shape index (κ2) is 5.45. The standard InChI is InChI=1S/C13H21N3O/c1-9(2)10-8-15-12(16-13(10)17)11-6-4-3-5-7-14-11/h8-9,11,14H,3-7H2,1-2H3,(H,15,16,17). The van der Waals surface area contributed by atoms with Crippen LogP contribution in [0.1, 0.15) is 62.9 Å². The van der Waals surface area contributed by atoms with Crippen molar-refractivity contribution in [3.8, 4) is 0 Å². The fourth-order valence-electron chi connectivity index (χ4n) is 2.27. The SMILES string of the molecule is CC(C)c1cnc(C2CCCCCN2)[nH]c1=O. The van der Waals surface area contributed by atoms with Crippen molar-refractivity contribution in [1.82, 2.24) is 15.3 Å². The molecule has 2 heterocycles. The topological polar surface area (TPSA) is 57.8 Å². The zero-order valence-electron chi connectivity index (χ0n) is 10.6. The Balaban J connectivity index is 2.21. The maximum Gasteiger partial charge on any atom is 0.254 e. The second-order valence-corrected chi connectivity index (χ2v) is 5.06. The molecule has 0 amide bonds. The molecule has 1 unspecified atom stereocenters. The van der Waals surface area contributed by atoms with Crippen LogP contribution < -0.4 is 10.9 Å². The van der Waals surface area contributed by atoms with E-state index in [1.54, 1.807) is 6.20 Å². The van der Waals surface area contributed by atoms with Crippen molar-refractivity contribution >= 4 is 0 Å². The molecule has 94 valence electrons. The van der Waals surface area contributed by atoms with E-state index in [4.69, 9.17) is 0 Å². The number of aromatic amines is 1. The molecular weight excluding hydrogens is 214 g/mol. The van der Waals surface area contributed by atoms with E-state index in [-0.39, 0.29) is 17.5 Å². The van der Waals surface area contributed by atoms with Gasteiger partial charge in [-0.15, -0.1) is 0 Å². The largest absolute Gasteiger partial charge is 0.309 e. The van der Waals surface area contributed by atoms with E-state index >= 15 is 0 Å². The fraction of sp³-hybridized carbons (Fsp3) is 0.692. The minimum Gasteiger partial charge on any atom is -0.309 e. The van der Waals surface area contributed by atoms with Crippen LogP contribution in [0, 0.1) is 0 Å². The van der Waals surface area contributed by atoms with Gasteiger partial charge < -0.3 is 10.3 Å². The second-order valence-electron chi connectivity index (χ2n) is 5.06. The number of nitrogens with one attached hydrogen (secondary N) is 2. The first kappa shape index (κ1) is 12.3. The minimum atomic E-state index is 0.0102. The lowest BCUT2D eigenvalue weighted by Crippen LogP contribution is -2.26. The number of hydrogen-bond acceptors (Lipinski definition) is 3. The van der Waals surface area contributed by atoms with Crippen LogP contribution in [0.3, 0.4) is 0 Å². The van der Waals surface area contributed by atoms with Crippen LogP contribution in [0.15, 0.2) is 11.0 Å². The van der Waals surface area contributed by atoms with E-state index in [2.05, 4.69) is 15.3 Å². The van der Waals surface area contributed by atoms with Crippen LogP contribution in [0.5, 0.6) is 0 Å². The number of hydrogen-bond donors (Lipinski definition) is 2. The van der Waals surface area contributed by atoms with Gasteiger partial charge in [0.25, 0.3) is 5.56 Å². The lowest BCUT2D eigenvalue weighted by Gasteiger charge is -2.15. The Morgan fingerprint density at radius 3 is 2.88 bits per heavy atom. The Bertz CT molecular complexity index is 417. The first-order valence-corrected chi connectivity index (χ1v) is 6.51. The van der Waals surface area contributed by atoms with E-state index in [9.17, 15) is 4.79 Å². The molecule has 4 nitrogen and oxygen atoms in total. The molecule has 1 aliphatic heterocycles. The maximum absolute atomic E-state index is 11.9. The van der Waals surface area contributed by atoms with Crippen molar-refractivity contribution in [3.05, 3.63) is 27.9 Å². The van der Waals surface area contributed by atoms with Crippen molar-refractivity contribution in [2.24, 2.45) is 0 Å². The zero-order valence-corrected chi connectivity index (χ0v) is 10.6. The van der Waals surface area contributed by atoms with Gasteiger partial charge in [0.2, 0.25) is 0 Å². The van der Waals surface area contributed by atoms with Gasteiger partial charge in [0.05, 0.1) is 6.04 Å².